The summed E-state index contributed by atoms with van der Waals surface area (Å²) in [5.41, 5.74) is 0. The second kappa shape index (κ2) is 10.0. The number of hydrogen-bond acceptors (Lipinski definition) is 3. The monoisotopic (exact) mass is 230 g/mol. The van der Waals surface area contributed by atoms with Crippen molar-refractivity contribution in [2.45, 2.75) is 12.8 Å². The van der Waals surface area contributed by atoms with Gasteiger partial charge in [-0.1, -0.05) is 0 Å². The lowest BCUT2D eigenvalue weighted by Gasteiger charge is -2.22. The number of nitrogens with zero attached hydrogens (tertiary/aromatic N) is 3. The molecule has 4 heteroatoms. The average molecular weight is 230 g/mol. The lowest BCUT2D eigenvalue weighted by molar-refractivity contribution is 0.135. The van der Waals surface area contributed by atoms with Crippen LogP contribution in [0.5, 0.6) is 0 Å². The van der Waals surface area contributed by atoms with E-state index in [0.29, 0.717) is 6.54 Å². The maximum absolute atomic E-state index is 10.7. The molecule has 0 aromatic heterocycles. The molecular formula is C12H28N3O. The Bertz CT molecular complexity index is 137. The van der Waals surface area contributed by atoms with Gasteiger partial charge in [-0.25, -0.2) is 5.11 Å². The van der Waals surface area contributed by atoms with Crippen LogP contribution in [0.15, 0.2) is 0 Å². The lowest BCUT2D eigenvalue weighted by Crippen LogP contribution is -2.32. The molecule has 4 nitrogen and oxygen atoms in total. The van der Waals surface area contributed by atoms with Gasteiger partial charge in [-0.15, -0.1) is 0 Å². The molecule has 0 amide bonds. The van der Waals surface area contributed by atoms with E-state index in [1.165, 1.54) is 0 Å². The van der Waals surface area contributed by atoms with Crippen molar-refractivity contribution in [1.82, 2.24) is 14.7 Å². The van der Waals surface area contributed by atoms with Crippen LogP contribution in [0.25, 0.3) is 0 Å². The van der Waals surface area contributed by atoms with Crippen LogP contribution in [0.2, 0.25) is 0 Å². The minimum Gasteiger partial charge on any atom is -0.309 e. The van der Waals surface area contributed by atoms with Gasteiger partial charge in [-0.3, -0.25) is 0 Å². The molecule has 0 aromatic rings. The highest BCUT2D eigenvalue weighted by Gasteiger charge is 2.04. The standard InChI is InChI=1S/C12H28N3O/c1-13(2)7-5-9-15(11-12-16)10-6-8-14(3)4/h5-12H2,1-4H3. The topological polar surface area (TPSA) is 29.6 Å². The molecule has 0 aliphatic carbocycles. The summed E-state index contributed by atoms with van der Waals surface area (Å²) < 4.78 is 0. The van der Waals surface area contributed by atoms with E-state index in [0.717, 1.165) is 39.0 Å². The van der Waals surface area contributed by atoms with Crippen LogP contribution in [0, 0.1) is 0 Å². The van der Waals surface area contributed by atoms with Crippen LogP contribution in [-0.4, -0.2) is 82.2 Å². The third-order valence-corrected chi connectivity index (χ3v) is 2.57. The second-order valence-corrected chi connectivity index (χ2v) is 4.86. The Balaban J connectivity index is 3.61. The summed E-state index contributed by atoms with van der Waals surface area (Å²) in [4.78, 5) is 6.67. The molecule has 97 valence electrons. The number of hydrogen-bond donors (Lipinski definition) is 0. The predicted molar refractivity (Wildman–Crippen MR) is 68.3 cm³/mol. The molecule has 0 saturated carbocycles. The van der Waals surface area contributed by atoms with Gasteiger partial charge in [0.1, 0.15) is 0 Å². The summed E-state index contributed by atoms with van der Waals surface area (Å²) in [5.74, 6) is 0. The highest BCUT2D eigenvalue weighted by molar-refractivity contribution is 4.60. The fraction of sp³-hybridized carbons (Fsp3) is 1.00. The van der Waals surface area contributed by atoms with Gasteiger partial charge < -0.3 is 14.7 Å². The molecule has 0 saturated heterocycles. The molecule has 16 heavy (non-hydrogen) atoms. The van der Waals surface area contributed by atoms with Crippen molar-refractivity contribution in [3.05, 3.63) is 0 Å². The minimum atomic E-state index is 0.0178. The van der Waals surface area contributed by atoms with E-state index in [4.69, 9.17) is 0 Å². The van der Waals surface area contributed by atoms with E-state index in [1.54, 1.807) is 0 Å². The zero-order valence-corrected chi connectivity index (χ0v) is 11.4. The Morgan fingerprint density at radius 1 is 0.688 bits per heavy atom. The Labute approximate surface area is 101 Å². The fourth-order valence-electron chi connectivity index (χ4n) is 1.69. The smallest absolute Gasteiger partial charge is 0.0949 e. The summed E-state index contributed by atoms with van der Waals surface area (Å²) >= 11 is 0. The SMILES string of the molecule is CN(C)CCCN(CC[O])CCCN(C)C. The quantitative estimate of drug-likeness (QED) is 0.551. The van der Waals surface area contributed by atoms with Crippen LogP contribution >= 0.6 is 0 Å². The van der Waals surface area contributed by atoms with Gasteiger partial charge in [0.05, 0.1) is 6.61 Å². The first-order chi connectivity index (χ1) is 7.56. The fourth-order valence-corrected chi connectivity index (χ4v) is 1.69. The van der Waals surface area contributed by atoms with Crippen LogP contribution < -0.4 is 0 Å². The van der Waals surface area contributed by atoms with Crippen molar-refractivity contribution in [2.75, 3.05) is 67.5 Å². The summed E-state index contributed by atoms with van der Waals surface area (Å²) in [6.45, 7) is 5.01. The first-order valence-corrected chi connectivity index (χ1v) is 6.16. The van der Waals surface area contributed by atoms with Crippen molar-refractivity contribution in [3.63, 3.8) is 0 Å². The summed E-state index contributed by atoms with van der Waals surface area (Å²) in [5, 5.41) is 10.7. The zero-order chi connectivity index (χ0) is 12.4. The first-order valence-electron chi connectivity index (χ1n) is 6.16. The molecule has 0 unspecified atom stereocenters. The van der Waals surface area contributed by atoms with Crippen LogP contribution in [-0.2, 0) is 5.11 Å². The molecule has 0 N–H and O–H groups in total. The molecule has 0 aliphatic rings. The molecule has 0 aromatic carbocycles. The molecular weight excluding hydrogens is 202 g/mol. The van der Waals surface area contributed by atoms with Gasteiger partial charge in [0, 0.05) is 6.54 Å². The van der Waals surface area contributed by atoms with Gasteiger partial charge in [0.2, 0.25) is 0 Å². The van der Waals surface area contributed by atoms with E-state index < -0.39 is 0 Å². The molecule has 0 spiro atoms. The van der Waals surface area contributed by atoms with Crippen molar-refractivity contribution in [2.24, 2.45) is 0 Å². The van der Waals surface area contributed by atoms with Crippen molar-refractivity contribution >= 4 is 0 Å². The minimum absolute atomic E-state index is 0.0178. The van der Waals surface area contributed by atoms with Crippen molar-refractivity contribution < 1.29 is 5.11 Å². The van der Waals surface area contributed by atoms with E-state index >= 15 is 0 Å². The van der Waals surface area contributed by atoms with Gasteiger partial charge >= 0.3 is 0 Å². The highest BCUT2D eigenvalue weighted by atomic mass is 16.3. The number of rotatable bonds is 10. The maximum atomic E-state index is 10.7. The summed E-state index contributed by atoms with van der Waals surface area (Å²) in [6.07, 6.45) is 2.30. The Kier molecular flexibility index (Phi) is 9.92. The normalized spacial score (nSPS) is 12.0. The van der Waals surface area contributed by atoms with Gasteiger partial charge in [0.15, 0.2) is 0 Å². The third-order valence-electron chi connectivity index (χ3n) is 2.57. The summed E-state index contributed by atoms with van der Waals surface area (Å²) in [7, 11) is 8.35. The molecule has 0 aliphatic heterocycles. The highest BCUT2D eigenvalue weighted by Crippen LogP contribution is 1.96. The zero-order valence-electron chi connectivity index (χ0n) is 11.4. The third kappa shape index (κ3) is 10.4. The van der Waals surface area contributed by atoms with E-state index in [1.807, 2.05) is 0 Å². The van der Waals surface area contributed by atoms with E-state index in [2.05, 4.69) is 42.9 Å². The molecule has 0 rings (SSSR count). The summed E-state index contributed by atoms with van der Waals surface area (Å²) in [6, 6.07) is 0. The first kappa shape index (κ1) is 15.8. The van der Waals surface area contributed by atoms with Crippen LogP contribution in [0.3, 0.4) is 0 Å². The molecule has 1 radical (unpaired) electrons. The van der Waals surface area contributed by atoms with E-state index in [-0.39, 0.29) is 6.61 Å². The predicted octanol–water partition coefficient (Wildman–Crippen LogP) is 0.622. The van der Waals surface area contributed by atoms with Gasteiger partial charge in [0.25, 0.3) is 0 Å². The average Bonchev–Trinajstić information content (AvgIpc) is 2.16. The lowest BCUT2D eigenvalue weighted by atomic mass is 10.3. The molecule has 0 bridgehead atoms. The van der Waals surface area contributed by atoms with Crippen molar-refractivity contribution in [3.8, 4) is 0 Å². The molecule has 0 atom stereocenters. The Morgan fingerprint density at radius 2 is 1.12 bits per heavy atom. The molecule has 0 fully saturated rings. The van der Waals surface area contributed by atoms with Gasteiger partial charge in [-0.05, 0) is 67.2 Å². The van der Waals surface area contributed by atoms with Crippen LogP contribution in [0.4, 0.5) is 0 Å². The second-order valence-electron chi connectivity index (χ2n) is 4.86. The maximum Gasteiger partial charge on any atom is 0.0949 e. The van der Waals surface area contributed by atoms with Crippen molar-refractivity contribution in [1.29, 1.82) is 0 Å². The van der Waals surface area contributed by atoms with Crippen LogP contribution in [0.1, 0.15) is 12.8 Å². The largest absolute Gasteiger partial charge is 0.309 e. The Hall–Kier alpha value is -0.160. The molecule has 0 heterocycles. The van der Waals surface area contributed by atoms with E-state index in [9.17, 15) is 5.11 Å². The Morgan fingerprint density at radius 3 is 1.44 bits per heavy atom. The van der Waals surface area contributed by atoms with Gasteiger partial charge in [-0.2, -0.15) is 0 Å².